The Balaban J connectivity index is 1.49. The maximum atomic E-state index is 5.98. The molecule has 5 aromatic carbocycles. The average Bonchev–Trinajstić information content (AvgIpc) is 3.38. The van der Waals surface area contributed by atoms with Crippen molar-refractivity contribution in [2.24, 2.45) is 0 Å². The highest BCUT2D eigenvalue weighted by atomic mass is 28.3. The molecule has 0 fully saturated rings. The molecule has 38 heavy (non-hydrogen) atoms. The highest BCUT2D eigenvalue weighted by Gasteiger charge is 2.41. The zero-order valence-corrected chi connectivity index (χ0v) is 21.7. The minimum absolute atomic E-state index is 0.706. The third kappa shape index (κ3) is 3.58. The Morgan fingerprint density at radius 3 is 1.71 bits per heavy atom. The molecule has 7 aromatic rings. The molecule has 0 aliphatic heterocycles. The van der Waals surface area contributed by atoms with Crippen molar-refractivity contribution < 1.29 is 4.42 Å². The molecule has 0 bridgehead atoms. The van der Waals surface area contributed by atoms with E-state index in [1.54, 1.807) is 12.5 Å². The minimum Gasteiger partial charge on any atom is -0.453 e. The van der Waals surface area contributed by atoms with Gasteiger partial charge in [0, 0.05) is 5.39 Å². The summed E-state index contributed by atoms with van der Waals surface area (Å²) in [5.74, 6) is 0. The normalized spacial score (nSPS) is 11.7. The van der Waals surface area contributed by atoms with E-state index in [0.717, 1.165) is 22.0 Å². The molecule has 180 valence electrons. The summed E-state index contributed by atoms with van der Waals surface area (Å²) >= 11 is 0. The van der Waals surface area contributed by atoms with Crippen LogP contribution in [0, 0.1) is 0 Å². The number of furan rings is 1. The van der Waals surface area contributed by atoms with E-state index in [-0.39, 0.29) is 0 Å². The predicted octanol–water partition coefficient (Wildman–Crippen LogP) is 5.42. The second-order valence-corrected chi connectivity index (χ2v) is 13.3. The zero-order valence-electron chi connectivity index (χ0n) is 20.7. The van der Waals surface area contributed by atoms with Gasteiger partial charge in [-0.2, -0.15) is 0 Å². The number of hydrogen-bond acceptors (Lipinski definition) is 3. The first-order chi connectivity index (χ1) is 18.8. The van der Waals surface area contributed by atoms with Crippen LogP contribution in [0.2, 0.25) is 0 Å². The van der Waals surface area contributed by atoms with Crippen LogP contribution in [0.5, 0.6) is 0 Å². The standard InChI is InChI=1S/C34H24N2OSi/c1-4-12-27(13-5-1)38(28-14-6-2-7-15-28,29-16-8-3-9-17-29)30-18-10-11-25(21-30)26-19-20-32-31(22-26)34-33(37-32)23-35-24-36-34/h1-24H. The van der Waals surface area contributed by atoms with E-state index in [1.165, 1.54) is 26.3 Å². The Labute approximate surface area is 222 Å². The molecule has 0 saturated heterocycles. The first-order valence-electron chi connectivity index (χ1n) is 12.7. The molecule has 3 nitrogen and oxygen atoms in total. The van der Waals surface area contributed by atoms with Crippen molar-refractivity contribution in [3.63, 3.8) is 0 Å². The summed E-state index contributed by atoms with van der Waals surface area (Å²) in [5.41, 5.74) is 4.68. The van der Waals surface area contributed by atoms with E-state index < -0.39 is 8.07 Å². The molecule has 0 atom stereocenters. The van der Waals surface area contributed by atoms with Gasteiger partial charge < -0.3 is 4.42 Å². The third-order valence-corrected chi connectivity index (χ3v) is 12.2. The van der Waals surface area contributed by atoms with Crippen LogP contribution in [-0.2, 0) is 0 Å². The van der Waals surface area contributed by atoms with Gasteiger partial charge in [0.1, 0.15) is 17.4 Å². The Morgan fingerprint density at radius 1 is 0.500 bits per heavy atom. The van der Waals surface area contributed by atoms with Gasteiger partial charge in [-0.15, -0.1) is 0 Å². The van der Waals surface area contributed by atoms with E-state index in [4.69, 9.17) is 4.42 Å². The van der Waals surface area contributed by atoms with Crippen LogP contribution in [0.3, 0.4) is 0 Å². The highest BCUT2D eigenvalue weighted by Crippen LogP contribution is 2.30. The van der Waals surface area contributed by atoms with Crippen LogP contribution in [0.4, 0.5) is 0 Å². The lowest BCUT2D eigenvalue weighted by Gasteiger charge is -2.34. The lowest BCUT2D eigenvalue weighted by atomic mass is 10.0. The fraction of sp³-hybridized carbons (Fsp3) is 0. The summed E-state index contributed by atoms with van der Waals surface area (Å²) < 4.78 is 5.98. The summed E-state index contributed by atoms with van der Waals surface area (Å²) in [7, 11) is -2.59. The number of benzene rings is 5. The maximum absolute atomic E-state index is 5.98. The van der Waals surface area contributed by atoms with E-state index in [9.17, 15) is 0 Å². The Hall–Kier alpha value is -4.80. The van der Waals surface area contributed by atoms with Crippen molar-refractivity contribution in [1.82, 2.24) is 9.97 Å². The lowest BCUT2D eigenvalue weighted by Crippen LogP contribution is -2.74. The van der Waals surface area contributed by atoms with Crippen LogP contribution in [0.15, 0.2) is 150 Å². The van der Waals surface area contributed by atoms with Crippen LogP contribution < -0.4 is 20.7 Å². The number of fused-ring (bicyclic) bond motifs is 3. The summed E-state index contributed by atoms with van der Waals surface area (Å²) in [6, 6.07) is 48.5. The topological polar surface area (TPSA) is 38.9 Å². The molecule has 0 saturated carbocycles. The van der Waals surface area contributed by atoms with Gasteiger partial charge in [0.05, 0.1) is 6.20 Å². The van der Waals surface area contributed by atoms with Crippen LogP contribution in [0.25, 0.3) is 33.2 Å². The highest BCUT2D eigenvalue weighted by molar-refractivity contribution is 7.19. The molecule has 0 amide bonds. The third-order valence-electron chi connectivity index (χ3n) is 7.38. The molecular formula is C34H24N2OSi. The van der Waals surface area contributed by atoms with E-state index >= 15 is 0 Å². The Kier molecular flexibility index (Phi) is 5.45. The average molecular weight is 505 g/mol. The minimum atomic E-state index is -2.59. The first-order valence-corrected chi connectivity index (χ1v) is 14.7. The van der Waals surface area contributed by atoms with Gasteiger partial charge in [-0.1, -0.05) is 121 Å². The summed E-state index contributed by atoms with van der Waals surface area (Å²) in [6.45, 7) is 0. The molecule has 2 aromatic heterocycles. The van der Waals surface area contributed by atoms with Crippen molar-refractivity contribution in [2.75, 3.05) is 0 Å². The molecule has 4 heteroatoms. The van der Waals surface area contributed by atoms with Crippen LogP contribution in [-0.4, -0.2) is 18.0 Å². The molecule has 2 heterocycles. The van der Waals surface area contributed by atoms with E-state index in [2.05, 4.69) is 137 Å². The van der Waals surface area contributed by atoms with Crippen molar-refractivity contribution in [3.8, 4) is 11.1 Å². The SMILES string of the molecule is c1ccc([Si](c2ccccc2)(c2ccccc2)c2cccc(-c3ccc4oc5cncnc5c4c3)c2)cc1. The second kappa shape index (κ2) is 9.25. The summed E-state index contributed by atoms with van der Waals surface area (Å²) in [6.07, 6.45) is 3.30. The van der Waals surface area contributed by atoms with Gasteiger partial charge in [-0.3, -0.25) is 0 Å². The van der Waals surface area contributed by atoms with Gasteiger partial charge in [0.25, 0.3) is 0 Å². The van der Waals surface area contributed by atoms with Crippen molar-refractivity contribution in [3.05, 3.63) is 146 Å². The number of aromatic nitrogens is 2. The first kappa shape index (κ1) is 22.4. The van der Waals surface area contributed by atoms with Crippen molar-refractivity contribution in [1.29, 1.82) is 0 Å². The molecule has 0 spiro atoms. The lowest BCUT2D eigenvalue weighted by molar-refractivity contribution is 0.665. The van der Waals surface area contributed by atoms with Gasteiger partial charge in [-0.05, 0) is 44.0 Å². The molecule has 0 radical (unpaired) electrons. The fourth-order valence-corrected chi connectivity index (χ4v) is 10.5. The number of hydrogen-bond donors (Lipinski definition) is 0. The summed E-state index contributed by atoms with van der Waals surface area (Å²) in [5, 5.41) is 6.44. The van der Waals surface area contributed by atoms with E-state index in [0.29, 0.717) is 5.58 Å². The van der Waals surface area contributed by atoms with Gasteiger partial charge in [0.2, 0.25) is 0 Å². The largest absolute Gasteiger partial charge is 0.453 e. The molecule has 0 unspecified atom stereocenters. The van der Waals surface area contributed by atoms with Crippen molar-refractivity contribution >= 4 is 50.9 Å². The number of nitrogens with zero attached hydrogens (tertiary/aromatic N) is 2. The smallest absolute Gasteiger partial charge is 0.179 e. The Bertz CT molecular complexity index is 1770. The molecule has 7 rings (SSSR count). The monoisotopic (exact) mass is 504 g/mol. The summed E-state index contributed by atoms with van der Waals surface area (Å²) in [4.78, 5) is 8.60. The zero-order chi connectivity index (χ0) is 25.4. The van der Waals surface area contributed by atoms with Gasteiger partial charge in [0.15, 0.2) is 13.7 Å². The fourth-order valence-electron chi connectivity index (χ4n) is 5.69. The van der Waals surface area contributed by atoms with Crippen LogP contribution in [0.1, 0.15) is 0 Å². The van der Waals surface area contributed by atoms with Gasteiger partial charge >= 0.3 is 0 Å². The number of rotatable bonds is 5. The second-order valence-electron chi connectivity index (χ2n) is 9.48. The molecule has 0 aliphatic rings. The molecular weight excluding hydrogens is 480 g/mol. The predicted molar refractivity (Wildman–Crippen MR) is 158 cm³/mol. The quantitative estimate of drug-likeness (QED) is 0.232. The maximum Gasteiger partial charge on any atom is 0.179 e. The van der Waals surface area contributed by atoms with E-state index in [1.807, 2.05) is 6.07 Å². The van der Waals surface area contributed by atoms with Gasteiger partial charge in [-0.25, -0.2) is 9.97 Å². The van der Waals surface area contributed by atoms with Crippen molar-refractivity contribution in [2.45, 2.75) is 0 Å². The molecule has 0 aliphatic carbocycles. The van der Waals surface area contributed by atoms with Crippen LogP contribution >= 0.6 is 0 Å². The molecule has 0 N–H and O–H groups in total. The Morgan fingerprint density at radius 2 is 1.08 bits per heavy atom.